The molecule has 6 heteroatoms. The summed E-state index contributed by atoms with van der Waals surface area (Å²) < 4.78 is 5.46. The van der Waals surface area contributed by atoms with Crippen LogP contribution in [0, 0.1) is 0 Å². The normalized spacial score (nSPS) is 12.5. The van der Waals surface area contributed by atoms with Crippen molar-refractivity contribution >= 4 is 22.8 Å². The second kappa shape index (κ2) is 12.3. The van der Waals surface area contributed by atoms with Gasteiger partial charge in [0.25, 0.3) is 0 Å². The third kappa shape index (κ3) is 7.80. The molecule has 0 spiro atoms. The first-order chi connectivity index (χ1) is 18.6. The quantitative estimate of drug-likeness (QED) is 0.251. The van der Waals surface area contributed by atoms with Gasteiger partial charge in [-0.1, -0.05) is 60.7 Å². The van der Waals surface area contributed by atoms with Gasteiger partial charge in [-0.15, -0.1) is 0 Å². The Bertz CT molecular complexity index is 1420. The van der Waals surface area contributed by atoms with E-state index in [-0.39, 0.29) is 24.3 Å². The van der Waals surface area contributed by atoms with Gasteiger partial charge in [0, 0.05) is 30.1 Å². The van der Waals surface area contributed by atoms with Crippen molar-refractivity contribution in [1.29, 1.82) is 0 Å². The maximum atomic E-state index is 13.4. The van der Waals surface area contributed by atoms with Crippen LogP contribution in [0.15, 0.2) is 79.0 Å². The molecule has 0 fully saturated rings. The van der Waals surface area contributed by atoms with E-state index in [1.54, 1.807) is 0 Å². The molecule has 0 aliphatic heterocycles. The monoisotopic (exact) mass is 525 g/mol. The Kier molecular flexibility index (Phi) is 8.87. The highest BCUT2D eigenvalue weighted by Gasteiger charge is 2.21. The number of ether oxygens (including phenoxy) is 1. The summed E-state index contributed by atoms with van der Waals surface area (Å²) in [5.41, 5.74) is 5.77. The number of aromatic nitrogens is 1. The van der Waals surface area contributed by atoms with Gasteiger partial charge in [0.15, 0.2) is 0 Å². The number of aromatic amines is 1. The van der Waals surface area contributed by atoms with E-state index in [9.17, 15) is 9.59 Å². The molecule has 0 saturated carbocycles. The van der Waals surface area contributed by atoms with Crippen molar-refractivity contribution in [2.24, 2.45) is 0 Å². The molecule has 2 N–H and O–H groups in total. The number of carbonyl (C=O) groups is 2. The van der Waals surface area contributed by atoms with Gasteiger partial charge in [0.2, 0.25) is 5.91 Å². The van der Waals surface area contributed by atoms with Gasteiger partial charge >= 0.3 is 5.97 Å². The van der Waals surface area contributed by atoms with E-state index in [0.717, 1.165) is 39.7 Å². The average molecular weight is 526 g/mol. The molecule has 0 radical (unpaired) electrons. The van der Waals surface area contributed by atoms with Crippen LogP contribution in [-0.2, 0) is 33.7 Å². The molecular formula is C33H39N3O3. The van der Waals surface area contributed by atoms with Gasteiger partial charge in [-0.05, 0) is 81.2 Å². The summed E-state index contributed by atoms with van der Waals surface area (Å²) in [5, 5.41) is 4.33. The highest BCUT2D eigenvalue weighted by molar-refractivity contribution is 5.86. The van der Waals surface area contributed by atoms with Crippen LogP contribution in [-0.4, -0.2) is 41.5 Å². The predicted octanol–water partition coefficient (Wildman–Crippen LogP) is 5.95. The minimum absolute atomic E-state index is 0.0475. The van der Waals surface area contributed by atoms with E-state index in [1.165, 1.54) is 5.56 Å². The molecule has 1 amide bonds. The van der Waals surface area contributed by atoms with Crippen molar-refractivity contribution < 1.29 is 14.3 Å². The topological polar surface area (TPSA) is 74.4 Å². The Morgan fingerprint density at radius 1 is 0.949 bits per heavy atom. The molecule has 0 aliphatic carbocycles. The van der Waals surface area contributed by atoms with Crippen LogP contribution >= 0.6 is 0 Å². The van der Waals surface area contributed by atoms with E-state index < -0.39 is 5.60 Å². The Labute approximate surface area is 231 Å². The first kappa shape index (κ1) is 28.1. The van der Waals surface area contributed by atoms with Crippen molar-refractivity contribution in [2.75, 3.05) is 14.1 Å². The van der Waals surface area contributed by atoms with Crippen LogP contribution in [0.2, 0.25) is 0 Å². The second-order valence-corrected chi connectivity index (χ2v) is 11.3. The number of amides is 1. The summed E-state index contributed by atoms with van der Waals surface area (Å²) in [7, 11) is 4.09. The van der Waals surface area contributed by atoms with E-state index in [2.05, 4.69) is 39.5 Å². The molecule has 204 valence electrons. The molecule has 1 aromatic heterocycles. The number of nitrogens with zero attached hydrogens (tertiary/aromatic N) is 1. The summed E-state index contributed by atoms with van der Waals surface area (Å²) in [5.74, 6) is -0.261. The third-order valence-electron chi connectivity index (χ3n) is 6.51. The molecule has 0 bridgehead atoms. The third-order valence-corrected chi connectivity index (χ3v) is 6.51. The lowest BCUT2D eigenvalue weighted by atomic mass is 9.93. The number of carbonyl (C=O) groups excluding carboxylic acids is 2. The second-order valence-electron chi connectivity index (χ2n) is 11.3. The van der Waals surface area contributed by atoms with Crippen molar-refractivity contribution in [1.82, 2.24) is 15.2 Å². The molecule has 1 heterocycles. The maximum absolute atomic E-state index is 13.4. The van der Waals surface area contributed by atoms with Crippen LogP contribution in [0.4, 0.5) is 0 Å². The molecule has 1 unspecified atom stereocenters. The number of hydrogen-bond donors (Lipinski definition) is 2. The lowest BCUT2D eigenvalue weighted by Crippen LogP contribution is -2.31. The smallest absolute Gasteiger partial charge is 0.306 e. The van der Waals surface area contributed by atoms with Crippen LogP contribution in [0.1, 0.15) is 61.1 Å². The van der Waals surface area contributed by atoms with Crippen LogP contribution in [0.5, 0.6) is 0 Å². The summed E-state index contributed by atoms with van der Waals surface area (Å²) in [6, 6.07) is 24.2. The Morgan fingerprint density at radius 3 is 2.38 bits per heavy atom. The van der Waals surface area contributed by atoms with Gasteiger partial charge in [-0.25, -0.2) is 0 Å². The van der Waals surface area contributed by atoms with E-state index in [4.69, 9.17) is 4.74 Å². The number of rotatable bonds is 10. The van der Waals surface area contributed by atoms with E-state index >= 15 is 0 Å². The van der Waals surface area contributed by atoms with Crippen LogP contribution in [0.3, 0.4) is 0 Å². The largest absolute Gasteiger partial charge is 0.460 e. The Balaban J connectivity index is 1.52. The number of nitrogens with one attached hydrogen (secondary N) is 2. The molecule has 6 nitrogen and oxygen atoms in total. The van der Waals surface area contributed by atoms with Crippen molar-refractivity contribution in [3.63, 3.8) is 0 Å². The summed E-state index contributed by atoms with van der Waals surface area (Å²) in [6.45, 7) is 6.40. The first-order valence-electron chi connectivity index (χ1n) is 13.5. The predicted molar refractivity (Wildman–Crippen MR) is 156 cm³/mol. The van der Waals surface area contributed by atoms with Gasteiger partial charge in [0.1, 0.15) is 5.60 Å². The zero-order valence-electron chi connectivity index (χ0n) is 23.6. The van der Waals surface area contributed by atoms with Gasteiger partial charge in [-0.2, -0.15) is 0 Å². The lowest BCUT2D eigenvalue weighted by molar-refractivity contribution is -0.154. The minimum Gasteiger partial charge on any atom is -0.460 e. The fourth-order valence-corrected chi connectivity index (χ4v) is 4.86. The van der Waals surface area contributed by atoms with E-state index in [0.29, 0.717) is 12.8 Å². The summed E-state index contributed by atoms with van der Waals surface area (Å²) >= 11 is 0. The maximum Gasteiger partial charge on any atom is 0.306 e. The fraction of sp³-hybridized carbons (Fsp3) is 0.333. The van der Waals surface area contributed by atoms with Crippen molar-refractivity contribution in [3.8, 4) is 0 Å². The number of benzene rings is 3. The summed E-state index contributed by atoms with van der Waals surface area (Å²) in [6.07, 6.45) is 3.07. The highest BCUT2D eigenvalue weighted by atomic mass is 16.6. The molecule has 3 aromatic carbocycles. The van der Waals surface area contributed by atoms with Crippen LogP contribution in [0.25, 0.3) is 10.9 Å². The van der Waals surface area contributed by atoms with E-state index in [1.807, 2.05) is 89.6 Å². The molecule has 0 saturated heterocycles. The molecule has 4 aromatic rings. The molecule has 0 aliphatic rings. The van der Waals surface area contributed by atoms with Gasteiger partial charge in [0.05, 0.1) is 12.5 Å². The first-order valence-corrected chi connectivity index (χ1v) is 13.5. The van der Waals surface area contributed by atoms with Crippen molar-refractivity contribution in [3.05, 3.63) is 107 Å². The molecule has 4 rings (SSSR count). The molecule has 1 atom stereocenters. The SMILES string of the molecule is CN(C)Cc1ccccc1C(NC(=O)Cc1ccc2[nH]cc(CCC(=O)OC(C)(C)C)c2c1)c1ccccc1. The summed E-state index contributed by atoms with van der Waals surface area (Å²) in [4.78, 5) is 31.1. The zero-order chi connectivity index (χ0) is 28.0. The van der Waals surface area contributed by atoms with Gasteiger partial charge in [-0.3, -0.25) is 9.59 Å². The highest BCUT2D eigenvalue weighted by Crippen LogP contribution is 2.27. The average Bonchev–Trinajstić information content (AvgIpc) is 3.28. The molecular weight excluding hydrogens is 486 g/mol. The minimum atomic E-state index is -0.498. The number of H-pyrrole nitrogens is 1. The Hall–Kier alpha value is -3.90. The number of aryl methyl sites for hydroxylation is 1. The number of esters is 1. The Morgan fingerprint density at radius 2 is 1.67 bits per heavy atom. The number of hydrogen-bond acceptors (Lipinski definition) is 4. The fourth-order valence-electron chi connectivity index (χ4n) is 4.86. The lowest BCUT2D eigenvalue weighted by Gasteiger charge is -2.24. The zero-order valence-corrected chi connectivity index (χ0v) is 23.6. The molecule has 39 heavy (non-hydrogen) atoms. The van der Waals surface area contributed by atoms with Crippen LogP contribution < -0.4 is 5.32 Å². The standard InChI is InChI=1S/C33H39N3O3/c1-33(2,3)39-31(38)18-16-25-21-34-29-17-15-23(19-28(25)29)20-30(37)35-32(24-11-7-6-8-12-24)27-14-10-9-13-26(27)22-36(4)5/h6-15,17,19,21,32,34H,16,18,20,22H2,1-5H3,(H,35,37). The van der Waals surface area contributed by atoms with Crippen molar-refractivity contribution in [2.45, 2.75) is 58.2 Å². The van der Waals surface area contributed by atoms with Gasteiger partial charge < -0.3 is 19.9 Å². The number of fused-ring (bicyclic) bond motifs is 1.